The molecule has 0 fully saturated rings. The molecule has 0 unspecified atom stereocenters. The third-order valence-electron chi connectivity index (χ3n) is 9.73. The highest BCUT2D eigenvalue weighted by Gasteiger charge is 2.21. The normalized spacial score (nSPS) is 11.5. The molecule has 0 aliphatic carbocycles. The summed E-state index contributed by atoms with van der Waals surface area (Å²) in [6.45, 7) is 0. The van der Waals surface area contributed by atoms with Gasteiger partial charge in [0, 0.05) is 32.8 Å². The highest BCUT2D eigenvalue weighted by Crippen LogP contribution is 2.42. The van der Waals surface area contributed by atoms with Gasteiger partial charge in [0.15, 0.2) is 17.5 Å². The second-order valence-electron chi connectivity index (χ2n) is 12.8. The largest absolute Gasteiger partial charge is 0.455 e. The van der Waals surface area contributed by atoms with E-state index in [0.717, 1.165) is 71.3 Å². The van der Waals surface area contributed by atoms with Crippen LogP contribution in [-0.4, -0.2) is 15.0 Å². The van der Waals surface area contributed by atoms with Gasteiger partial charge in [-0.25, -0.2) is 15.0 Å². The Hall–Kier alpha value is -6.91. The minimum Gasteiger partial charge on any atom is -0.455 e. The van der Waals surface area contributed by atoms with Crippen molar-refractivity contribution in [2.45, 2.75) is 0 Å². The molecule has 2 heterocycles. The summed E-state index contributed by atoms with van der Waals surface area (Å²) in [5, 5.41) is 6.34. The maximum absolute atomic E-state index is 6.69. The molecule has 0 atom stereocenters. The SMILES string of the molecule is c1ccc(-c2ccc3cc(-c4nc(-c5ccccc5)nc(-c5ccc(-c6ccccc6)c6ccccc56)n4)c4c5ccccc5oc4c3c2)cc1. The van der Waals surface area contributed by atoms with Crippen LogP contribution in [0.3, 0.4) is 0 Å². The highest BCUT2D eigenvalue weighted by molar-refractivity contribution is 6.21. The van der Waals surface area contributed by atoms with Crippen LogP contribution in [0.25, 0.3) is 99.9 Å². The topological polar surface area (TPSA) is 51.8 Å². The fourth-order valence-electron chi connectivity index (χ4n) is 7.29. The summed E-state index contributed by atoms with van der Waals surface area (Å²) in [7, 11) is 0. The predicted octanol–water partition coefficient (Wildman–Crippen LogP) is 12.4. The number of hydrogen-bond acceptors (Lipinski definition) is 4. The molecule has 0 N–H and O–H groups in total. The lowest BCUT2D eigenvalue weighted by Gasteiger charge is -2.14. The zero-order valence-electron chi connectivity index (χ0n) is 27.5. The summed E-state index contributed by atoms with van der Waals surface area (Å²) < 4.78 is 6.69. The molecular formula is C47H29N3O. The lowest BCUT2D eigenvalue weighted by atomic mass is 9.94. The zero-order chi connectivity index (χ0) is 33.7. The van der Waals surface area contributed by atoms with Crippen LogP contribution in [0.1, 0.15) is 0 Å². The molecule has 4 heteroatoms. The number of nitrogens with zero attached hydrogens (tertiary/aromatic N) is 3. The summed E-state index contributed by atoms with van der Waals surface area (Å²) >= 11 is 0. The van der Waals surface area contributed by atoms with Crippen molar-refractivity contribution in [3.8, 4) is 56.4 Å². The van der Waals surface area contributed by atoms with Gasteiger partial charge in [0.05, 0.1) is 0 Å². The van der Waals surface area contributed by atoms with E-state index in [2.05, 4.69) is 121 Å². The average molecular weight is 652 g/mol. The monoisotopic (exact) mass is 651 g/mol. The molecule has 0 aliphatic heterocycles. The lowest BCUT2D eigenvalue weighted by molar-refractivity contribution is 0.672. The van der Waals surface area contributed by atoms with E-state index in [0.29, 0.717) is 17.5 Å². The first-order chi connectivity index (χ1) is 25.3. The smallest absolute Gasteiger partial charge is 0.164 e. The van der Waals surface area contributed by atoms with Gasteiger partial charge in [-0.3, -0.25) is 0 Å². The van der Waals surface area contributed by atoms with Gasteiger partial charge < -0.3 is 4.42 Å². The van der Waals surface area contributed by atoms with Gasteiger partial charge in [-0.05, 0) is 62.7 Å². The van der Waals surface area contributed by atoms with Crippen LogP contribution in [0.5, 0.6) is 0 Å². The van der Waals surface area contributed by atoms with Gasteiger partial charge >= 0.3 is 0 Å². The van der Waals surface area contributed by atoms with Gasteiger partial charge in [0.1, 0.15) is 11.2 Å². The van der Waals surface area contributed by atoms with Gasteiger partial charge in [-0.1, -0.05) is 152 Å². The van der Waals surface area contributed by atoms with Gasteiger partial charge in [0.2, 0.25) is 0 Å². The summed E-state index contributed by atoms with van der Waals surface area (Å²) in [5.74, 6) is 1.84. The van der Waals surface area contributed by atoms with Crippen molar-refractivity contribution in [3.05, 3.63) is 176 Å². The van der Waals surface area contributed by atoms with Crippen LogP contribution in [0.15, 0.2) is 180 Å². The molecule has 0 saturated carbocycles. The molecule has 10 aromatic rings. The molecule has 4 nitrogen and oxygen atoms in total. The van der Waals surface area contributed by atoms with Crippen molar-refractivity contribution >= 4 is 43.5 Å². The molecule has 10 rings (SSSR count). The van der Waals surface area contributed by atoms with Gasteiger partial charge in [0.25, 0.3) is 0 Å². The molecule has 0 radical (unpaired) electrons. The standard InChI is InChI=1S/C47H29N3O/c1-4-14-30(15-5-1)33-24-25-34-29-41(43-39-22-12-13-23-42(39)51-44(43)40(34)28-33)47-49-45(32-18-8-3-9-19-32)48-46(50-47)38-27-26-35(31-16-6-2-7-17-31)36-20-10-11-21-37(36)38/h1-29H. The summed E-state index contributed by atoms with van der Waals surface area (Å²) in [6.07, 6.45) is 0. The van der Waals surface area contributed by atoms with Gasteiger partial charge in [-0.15, -0.1) is 0 Å². The van der Waals surface area contributed by atoms with Crippen LogP contribution in [-0.2, 0) is 0 Å². The number of aromatic nitrogens is 3. The Morgan fingerprint density at radius 1 is 0.333 bits per heavy atom. The van der Waals surface area contributed by atoms with E-state index in [1.54, 1.807) is 0 Å². The molecule has 0 spiro atoms. The molecular weight excluding hydrogens is 623 g/mol. The minimum atomic E-state index is 0.598. The van der Waals surface area contributed by atoms with E-state index < -0.39 is 0 Å². The fraction of sp³-hybridized carbons (Fsp3) is 0. The average Bonchev–Trinajstić information content (AvgIpc) is 3.61. The molecule has 0 amide bonds. The van der Waals surface area contributed by atoms with Crippen LogP contribution >= 0.6 is 0 Å². The molecule has 8 aromatic carbocycles. The van der Waals surface area contributed by atoms with Crippen LogP contribution in [0, 0.1) is 0 Å². The van der Waals surface area contributed by atoms with E-state index in [-0.39, 0.29) is 0 Å². The minimum absolute atomic E-state index is 0.598. The Kier molecular flexibility index (Phi) is 6.78. The van der Waals surface area contributed by atoms with Crippen molar-refractivity contribution in [2.75, 3.05) is 0 Å². The number of furan rings is 1. The number of benzene rings is 8. The molecule has 0 saturated heterocycles. The van der Waals surface area contributed by atoms with Crippen molar-refractivity contribution in [1.29, 1.82) is 0 Å². The highest BCUT2D eigenvalue weighted by atomic mass is 16.3. The number of rotatable bonds is 5. The van der Waals surface area contributed by atoms with Crippen molar-refractivity contribution < 1.29 is 4.42 Å². The Morgan fingerprint density at radius 2 is 0.882 bits per heavy atom. The Bertz CT molecular complexity index is 2900. The van der Waals surface area contributed by atoms with E-state index in [4.69, 9.17) is 19.4 Å². The summed E-state index contributed by atoms with van der Waals surface area (Å²) in [4.78, 5) is 15.6. The Labute approximate surface area is 294 Å². The quantitative estimate of drug-likeness (QED) is 0.186. The first kappa shape index (κ1) is 29.0. The zero-order valence-corrected chi connectivity index (χ0v) is 27.5. The maximum atomic E-state index is 6.69. The molecule has 0 aliphatic rings. The Balaban J connectivity index is 1.26. The van der Waals surface area contributed by atoms with Crippen molar-refractivity contribution in [1.82, 2.24) is 15.0 Å². The van der Waals surface area contributed by atoms with E-state index in [1.165, 1.54) is 11.1 Å². The number of para-hydroxylation sites is 1. The predicted molar refractivity (Wildman–Crippen MR) is 209 cm³/mol. The fourth-order valence-corrected chi connectivity index (χ4v) is 7.29. The number of hydrogen-bond donors (Lipinski definition) is 0. The van der Waals surface area contributed by atoms with Crippen molar-refractivity contribution in [2.24, 2.45) is 0 Å². The Morgan fingerprint density at radius 3 is 1.61 bits per heavy atom. The first-order valence-corrected chi connectivity index (χ1v) is 17.1. The lowest BCUT2D eigenvalue weighted by Crippen LogP contribution is -2.01. The second kappa shape index (κ2) is 11.9. The van der Waals surface area contributed by atoms with Crippen LogP contribution in [0.4, 0.5) is 0 Å². The van der Waals surface area contributed by atoms with Crippen LogP contribution < -0.4 is 0 Å². The molecule has 2 aromatic heterocycles. The van der Waals surface area contributed by atoms with E-state index >= 15 is 0 Å². The maximum Gasteiger partial charge on any atom is 0.164 e. The summed E-state index contributed by atoms with van der Waals surface area (Å²) in [5.41, 5.74) is 9.06. The van der Waals surface area contributed by atoms with Crippen LogP contribution in [0.2, 0.25) is 0 Å². The third-order valence-corrected chi connectivity index (χ3v) is 9.73. The van der Waals surface area contributed by atoms with E-state index in [9.17, 15) is 0 Å². The van der Waals surface area contributed by atoms with Crippen molar-refractivity contribution in [3.63, 3.8) is 0 Å². The second-order valence-corrected chi connectivity index (χ2v) is 12.8. The third kappa shape index (κ3) is 4.96. The molecule has 51 heavy (non-hydrogen) atoms. The molecule has 0 bridgehead atoms. The van der Waals surface area contributed by atoms with E-state index in [1.807, 2.05) is 54.6 Å². The molecule has 238 valence electrons. The summed E-state index contributed by atoms with van der Waals surface area (Å²) in [6, 6.07) is 60.9. The first-order valence-electron chi connectivity index (χ1n) is 17.1. The number of fused-ring (bicyclic) bond motifs is 6. The van der Waals surface area contributed by atoms with Gasteiger partial charge in [-0.2, -0.15) is 0 Å².